The van der Waals surface area contributed by atoms with Gasteiger partial charge in [-0.3, -0.25) is 4.79 Å². The lowest BCUT2D eigenvalue weighted by Crippen LogP contribution is -2.42. The lowest BCUT2D eigenvalue weighted by atomic mass is 10.3. The fraction of sp³-hybridized carbons (Fsp3) is 0.500. The number of hydrogen-bond donors (Lipinski definition) is 2. The summed E-state index contributed by atoms with van der Waals surface area (Å²) >= 11 is 0. The van der Waals surface area contributed by atoms with Crippen LogP contribution in [0.2, 0.25) is 0 Å². The van der Waals surface area contributed by atoms with Crippen LogP contribution in [0.3, 0.4) is 0 Å². The summed E-state index contributed by atoms with van der Waals surface area (Å²) in [5, 5.41) is 10.7. The number of carbonyl (C=O) groups excluding carboxylic acids is 2. The maximum Gasteiger partial charge on any atom is 0.331 e. The van der Waals surface area contributed by atoms with Crippen molar-refractivity contribution in [2.24, 2.45) is 0 Å². The van der Waals surface area contributed by atoms with Crippen LogP contribution < -0.4 is 5.32 Å². The molecule has 2 N–H and O–H groups in total. The standard InChI is InChI=1S/C6H10NO4/c1-4(9)7-5(3-8)6(10)11-2/h5,8H,2-3H2,1H3,(H,7,9)/t5-/m0/s1. The number of ether oxygens (including phenoxy) is 1. The molecule has 5 heteroatoms. The van der Waals surface area contributed by atoms with Crippen LogP contribution in [0, 0.1) is 7.11 Å². The molecular formula is C6H10NO4. The maximum atomic E-state index is 10.6. The molecule has 0 aromatic carbocycles. The summed E-state index contributed by atoms with van der Waals surface area (Å²) in [5.41, 5.74) is 0. The van der Waals surface area contributed by atoms with Gasteiger partial charge in [-0.1, -0.05) is 0 Å². The monoisotopic (exact) mass is 160 g/mol. The number of hydrogen-bond acceptors (Lipinski definition) is 4. The molecule has 0 unspecified atom stereocenters. The summed E-state index contributed by atoms with van der Waals surface area (Å²) in [5.74, 6) is -1.17. The van der Waals surface area contributed by atoms with Crippen LogP contribution in [0.4, 0.5) is 0 Å². The Morgan fingerprint density at radius 2 is 2.27 bits per heavy atom. The molecule has 0 aromatic rings. The zero-order valence-electron chi connectivity index (χ0n) is 6.16. The largest absolute Gasteiger partial charge is 0.460 e. The van der Waals surface area contributed by atoms with Gasteiger partial charge in [0.2, 0.25) is 5.91 Å². The second-order valence-corrected chi connectivity index (χ2v) is 1.90. The molecule has 1 amide bonds. The van der Waals surface area contributed by atoms with Crippen molar-refractivity contribution in [3.63, 3.8) is 0 Å². The third-order valence-electron chi connectivity index (χ3n) is 0.987. The molecule has 0 aromatic heterocycles. The first-order valence-corrected chi connectivity index (χ1v) is 2.95. The van der Waals surface area contributed by atoms with Crippen molar-refractivity contribution in [1.29, 1.82) is 0 Å². The van der Waals surface area contributed by atoms with Crippen molar-refractivity contribution in [1.82, 2.24) is 5.32 Å². The highest BCUT2D eigenvalue weighted by atomic mass is 16.5. The molecule has 5 nitrogen and oxygen atoms in total. The molecule has 1 radical (unpaired) electrons. The topological polar surface area (TPSA) is 75.6 Å². The maximum absolute atomic E-state index is 10.6. The number of aliphatic hydroxyl groups excluding tert-OH is 1. The normalized spacial score (nSPS) is 11.9. The minimum Gasteiger partial charge on any atom is -0.460 e. The van der Waals surface area contributed by atoms with Gasteiger partial charge in [-0.05, 0) is 0 Å². The Morgan fingerprint density at radius 3 is 2.55 bits per heavy atom. The molecule has 63 valence electrons. The van der Waals surface area contributed by atoms with Crippen molar-refractivity contribution in [2.75, 3.05) is 6.61 Å². The lowest BCUT2D eigenvalue weighted by molar-refractivity contribution is -0.143. The Labute approximate surface area is 64.3 Å². The van der Waals surface area contributed by atoms with Gasteiger partial charge in [-0.15, -0.1) is 0 Å². The van der Waals surface area contributed by atoms with Crippen LogP contribution in [-0.4, -0.2) is 29.6 Å². The number of esters is 1. The zero-order chi connectivity index (χ0) is 8.85. The minimum atomic E-state index is -1.01. The molecule has 0 heterocycles. The number of nitrogens with one attached hydrogen (secondary N) is 1. The molecule has 1 atom stereocenters. The van der Waals surface area contributed by atoms with E-state index in [0.29, 0.717) is 0 Å². The van der Waals surface area contributed by atoms with Gasteiger partial charge in [0.25, 0.3) is 0 Å². The molecular weight excluding hydrogens is 150 g/mol. The van der Waals surface area contributed by atoms with Crippen molar-refractivity contribution in [3.05, 3.63) is 7.11 Å². The van der Waals surface area contributed by atoms with E-state index < -0.39 is 24.5 Å². The Morgan fingerprint density at radius 1 is 1.73 bits per heavy atom. The second-order valence-electron chi connectivity index (χ2n) is 1.90. The van der Waals surface area contributed by atoms with E-state index in [1.54, 1.807) is 0 Å². The lowest BCUT2D eigenvalue weighted by Gasteiger charge is -2.11. The summed E-state index contributed by atoms with van der Waals surface area (Å²) < 4.78 is 4.04. The van der Waals surface area contributed by atoms with Gasteiger partial charge < -0.3 is 15.2 Å². The first kappa shape index (κ1) is 9.90. The van der Waals surface area contributed by atoms with Gasteiger partial charge in [0.05, 0.1) is 6.61 Å². The summed E-state index contributed by atoms with van der Waals surface area (Å²) in [7, 11) is 2.85. The van der Waals surface area contributed by atoms with Crippen molar-refractivity contribution in [2.45, 2.75) is 13.0 Å². The highest BCUT2D eigenvalue weighted by molar-refractivity contribution is 5.83. The number of aliphatic hydroxyl groups is 1. The Balaban J connectivity index is 3.94. The first-order chi connectivity index (χ1) is 5.11. The van der Waals surface area contributed by atoms with Crippen LogP contribution in [0.15, 0.2) is 0 Å². The van der Waals surface area contributed by atoms with Gasteiger partial charge in [-0.25, -0.2) is 4.79 Å². The van der Waals surface area contributed by atoms with E-state index in [4.69, 9.17) is 5.11 Å². The van der Waals surface area contributed by atoms with E-state index in [1.807, 2.05) is 0 Å². The molecule has 0 saturated carbocycles. The Kier molecular flexibility index (Phi) is 4.21. The summed E-state index contributed by atoms with van der Waals surface area (Å²) in [6, 6.07) is -1.01. The van der Waals surface area contributed by atoms with Crippen molar-refractivity contribution < 1.29 is 19.4 Å². The van der Waals surface area contributed by atoms with Crippen molar-refractivity contribution >= 4 is 11.9 Å². The van der Waals surface area contributed by atoms with Crippen LogP contribution in [0.5, 0.6) is 0 Å². The van der Waals surface area contributed by atoms with Crippen LogP contribution >= 0.6 is 0 Å². The van der Waals surface area contributed by atoms with E-state index in [2.05, 4.69) is 17.2 Å². The predicted octanol–water partition coefficient (Wildman–Crippen LogP) is -1.18. The average molecular weight is 160 g/mol. The van der Waals surface area contributed by atoms with E-state index in [9.17, 15) is 9.59 Å². The molecule has 0 bridgehead atoms. The summed E-state index contributed by atoms with van der Waals surface area (Å²) in [6.45, 7) is 0.743. The smallest absolute Gasteiger partial charge is 0.331 e. The number of rotatable bonds is 3. The predicted molar refractivity (Wildman–Crippen MR) is 36.1 cm³/mol. The van der Waals surface area contributed by atoms with Gasteiger partial charge >= 0.3 is 5.97 Å². The number of carbonyl (C=O) groups is 2. The minimum absolute atomic E-state index is 0.408. The van der Waals surface area contributed by atoms with Gasteiger partial charge in [-0.2, -0.15) is 0 Å². The molecule has 0 aliphatic heterocycles. The van der Waals surface area contributed by atoms with Gasteiger partial charge in [0.15, 0.2) is 6.04 Å². The van der Waals surface area contributed by atoms with E-state index in [1.165, 1.54) is 6.92 Å². The highest BCUT2D eigenvalue weighted by Crippen LogP contribution is 1.86. The Hall–Kier alpha value is -1.10. The number of amides is 1. The molecule has 0 saturated heterocycles. The van der Waals surface area contributed by atoms with Crippen LogP contribution in [0.25, 0.3) is 0 Å². The van der Waals surface area contributed by atoms with Crippen LogP contribution in [-0.2, 0) is 14.3 Å². The SMILES string of the molecule is [CH2]OC(=O)[C@H](CO)NC(C)=O. The van der Waals surface area contributed by atoms with E-state index in [0.717, 1.165) is 0 Å². The molecule has 0 aliphatic carbocycles. The quantitative estimate of drug-likeness (QED) is 0.509. The molecule has 0 fully saturated rings. The van der Waals surface area contributed by atoms with Crippen LogP contribution in [0.1, 0.15) is 6.92 Å². The average Bonchev–Trinajstić information content (AvgIpc) is 1.98. The van der Waals surface area contributed by atoms with E-state index >= 15 is 0 Å². The van der Waals surface area contributed by atoms with E-state index in [-0.39, 0.29) is 0 Å². The highest BCUT2D eigenvalue weighted by Gasteiger charge is 2.18. The Bertz CT molecular complexity index is 157. The molecule has 0 rings (SSSR count). The third kappa shape index (κ3) is 3.57. The third-order valence-corrected chi connectivity index (χ3v) is 0.987. The first-order valence-electron chi connectivity index (χ1n) is 2.95. The molecule has 0 aliphatic rings. The molecule has 0 spiro atoms. The second kappa shape index (κ2) is 4.68. The molecule has 11 heavy (non-hydrogen) atoms. The van der Waals surface area contributed by atoms with Gasteiger partial charge in [0, 0.05) is 6.92 Å². The summed E-state index contributed by atoms with van der Waals surface area (Å²) in [4.78, 5) is 21.0. The fourth-order valence-electron chi connectivity index (χ4n) is 0.525. The van der Waals surface area contributed by atoms with Crippen molar-refractivity contribution in [3.8, 4) is 0 Å². The summed E-state index contributed by atoms with van der Waals surface area (Å²) in [6.07, 6.45) is 0. The zero-order valence-corrected chi connectivity index (χ0v) is 6.16. The fourth-order valence-corrected chi connectivity index (χ4v) is 0.525. The van der Waals surface area contributed by atoms with Gasteiger partial charge in [0.1, 0.15) is 7.11 Å².